The minimum absolute atomic E-state index is 0. The fourth-order valence-electron chi connectivity index (χ4n) is 2.76. The Labute approximate surface area is 187 Å². The van der Waals surface area contributed by atoms with Crippen LogP contribution in [0.25, 0.3) is 10.8 Å². The van der Waals surface area contributed by atoms with Crippen molar-refractivity contribution in [2.45, 2.75) is 33.4 Å². The number of rotatable bonds is 7. The van der Waals surface area contributed by atoms with Crippen molar-refractivity contribution in [3.63, 3.8) is 0 Å². The summed E-state index contributed by atoms with van der Waals surface area (Å²) in [6.07, 6.45) is 2.98. The minimum atomic E-state index is 0. The molecule has 0 aliphatic rings. The Hall–Kier alpha value is -1.87. The maximum absolute atomic E-state index is 5.29. The van der Waals surface area contributed by atoms with Crippen LogP contribution in [0.15, 0.2) is 47.6 Å². The molecule has 0 fully saturated rings. The van der Waals surface area contributed by atoms with Crippen molar-refractivity contribution in [1.29, 1.82) is 0 Å². The number of aliphatic imine (C=N–C) groups is 1. The predicted molar refractivity (Wildman–Crippen MR) is 129 cm³/mol. The lowest BCUT2D eigenvalue weighted by Crippen LogP contribution is -2.36. The molecular weight excluding hydrogens is 483 g/mol. The molecule has 5 nitrogen and oxygen atoms in total. The molecule has 150 valence electrons. The number of hydrogen-bond donors (Lipinski definition) is 2. The average molecular weight is 510 g/mol. The van der Waals surface area contributed by atoms with E-state index < -0.39 is 0 Å². The standard InChI is InChI=1S/C21H26N4OS.HI/c1-4-19-13-23-20(27-19)14-25-21(22-5-2)24-12-15-6-7-17-11-18(26-3)9-8-16(17)10-15;/h6-11,13H,4-5,12,14H2,1-3H3,(H2,22,24,25);1H. The van der Waals surface area contributed by atoms with Crippen molar-refractivity contribution in [3.8, 4) is 5.75 Å². The molecule has 0 aliphatic carbocycles. The van der Waals surface area contributed by atoms with E-state index in [9.17, 15) is 0 Å². The normalized spacial score (nSPS) is 11.2. The fourth-order valence-corrected chi connectivity index (χ4v) is 3.57. The van der Waals surface area contributed by atoms with Gasteiger partial charge < -0.3 is 15.4 Å². The van der Waals surface area contributed by atoms with Gasteiger partial charge in [-0.2, -0.15) is 0 Å². The number of thiazole rings is 1. The van der Waals surface area contributed by atoms with E-state index in [1.165, 1.54) is 21.2 Å². The van der Waals surface area contributed by atoms with Gasteiger partial charge in [0.1, 0.15) is 10.8 Å². The molecule has 28 heavy (non-hydrogen) atoms. The number of nitrogens with zero attached hydrogens (tertiary/aromatic N) is 2. The molecule has 7 heteroatoms. The molecule has 2 N–H and O–H groups in total. The van der Waals surface area contributed by atoms with Gasteiger partial charge in [-0.05, 0) is 47.9 Å². The highest BCUT2D eigenvalue weighted by Gasteiger charge is 2.03. The molecule has 0 amide bonds. The number of aromatic nitrogens is 1. The van der Waals surface area contributed by atoms with Crippen LogP contribution in [-0.4, -0.2) is 24.6 Å². The van der Waals surface area contributed by atoms with E-state index in [2.05, 4.69) is 53.7 Å². The van der Waals surface area contributed by atoms with Gasteiger partial charge in [0, 0.05) is 17.6 Å². The van der Waals surface area contributed by atoms with Gasteiger partial charge in [-0.1, -0.05) is 25.1 Å². The third kappa shape index (κ3) is 6.07. The topological polar surface area (TPSA) is 58.5 Å². The first kappa shape index (κ1) is 22.4. The second kappa shape index (κ2) is 11.2. The summed E-state index contributed by atoms with van der Waals surface area (Å²) in [5.41, 5.74) is 1.17. The van der Waals surface area contributed by atoms with Crippen LogP contribution in [0.1, 0.15) is 29.3 Å². The van der Waals surface area contributed by atoms with Crippen LogP contribution in [0.5, 0.6) is 5.75 Å². The smallest absolute Gasteiger partial charge is 0.191 e. The highest BCUT2D eigenvalue weighted by atomic mass is 127. The summed E-state index contributed by atoms with van der Waals surface area (Å²) in [7, 11) is 1.69. The van der Waals surface area contributed by atoms with Crippen LogP contribution < -0.4 is 15.4 Å². The second-order valence-corrected chi connectivity index (χ2v) is 7.37. The SMILES string of the molecule is CCNC(=NCc1ccc2cc(OC)ccc2c1)NCc1ncc(CC)s1.I. The Morgan fingerprint density at radius 1 is 1.11 bits per heavy atom. The maximum atomic E-state index is 5.29. The molecule has 0 radical (unpaired) electrons. The summed E-state index contributed by atoms with van der Waals surface area (Å²) >= 11 is 1.75. The van der Waals surface area contributed by atoms with E-state index >= 15 is 0 Å². The molecular formula is C21H27IN4OS. The van der Waals surface area contributed by atoms with Gasteiger partial charge in [0.25, 0.3) is 0 Å². The Morgan fingerprint density at radius 3 is 2.61 bits per heavy atom. The lowest BCUT2D eigenvalue weighted by molar-refractivity contribution is 0.415. The van der Waals surface area contributed by atoms with Crippen LogP contribution in [-0.2, 0) is 19.5 Å². The number of ether oxygens (including phenoxy) is 1. The maximum Gasteiger partial charge on any atom is 0.191 e. The summed E-state index contributed by atoms with van der Waals surface area (Å²) in [5.74, 6) is 1.68. The van der Waals surface area contributed by atoms with E-state index in [1.54, 1.807) is 18.4 Å². The molecule has 3 rings (SSSR count). The quantitative estimate of drug-likeness (QED) is 0.274. The van der Waals surface area contributed by atoms with Crippen LogP contribution in [0.2, 0.25) is 0 Å². The van der Waals surface area contributed by atoms with Gasteiger partial charge in [0.2, 0.25) is 0 Å². The van der Waals surface area contributed by atoms with Gasteiger partial charge in [-0.15, -0.1) is 35.3 Å². The molecule has 0 bridgehead atoms. The van der Waals surface area contributed by atoms with Crippen molar-refractivity contribution in [1.82, 2.24) is 15.6 Å². The van der Waals surface area contributed by atoms with Crippen LogP contribution in [0.4, 0.5) is 0 Å². The number of benzene rings is 2. The van der Waals surface area contributed by atoms with Crippen molar-refractivity contribution in [2.75, 3.05) is 13.7 Å². The largest absolute Gasteiger partial charge is 0.497 e. The second-order valence-electron chi connectivity index (χ2n) is 6.17. The lowest BCUT2D eigenvalue weighted by atomic mass is 10.1. The number of hydrogen-bond acceptors (Lipinski definition) is 4. The summed E-state index contributed by atoms with van der Waals surface area (Å²) in [6, 6.07) is 12.5. The minimum Gasteiger partial charge on any atom is -0.497 e. The van der Waals surface area contributed by atoms with Gasteiger partial charge in [0.05, 0.1) is 20.2 Å². The van der Waals surface area contributed by atoms with Crippen LogP contribution in [0, 0.1) is 0 Å². The molecule has 0 aliphatic heterocycles. The average Bonchev–Trinajstić information content (AvgIpc) is 3.17. The Bertz CT molecular complexity index is 926. The Kier molecular flexibility index (Phi) is 8.98. The lowest BCUT2D eigenvalue weighted by Gasteiger charge is -2.10. The van der Waals surface area contributed by atoms with Crippen LogP contribution in [0.3, 0.4) is 0 Å². The highest BCUT2D eigenvalue weighted by Crippen LogP contribution is 2.22. The summed E-state index contributed by atoms with van der Waals surface area (Å²) < 4.78 is 5.29. The zero-order valence-electron chi connectivity index (χ0n) is 16.5. The van der Waals surface area contributed by atoms with Crippen molar-refractivity contribution in [3.05, 3.63) is 58.0 Å². The number of nitrogens with one attached hydrogen (secondary N) is 2. The van der Waals surface area contributed by atoms with Crippen LogP contribution >= 0.6 is 35.3 Å². The van der Waals surface area contributed by atoms with E-state index in [4.69, 9.17) is 9.73 Å². The highest BCUT2D eigenvalue weighted by molar-refractivity contribution is 14.0. The zero-order valence-corrected chi connectivity index (χ0v) is 19.6. The van der Waals surface area contributed by atoms with E-state index in [0.29, 0.717) is 13.1 Å². The molecule has 2 aromatic carbocycles. The molecule has 0 atom stereocenters. The molecule has 0 saturated carbocycles. The Morgan fingerprint density at radius 2 is 1.89 bits per heavy atom. The van der Waals surface area contributed by atoms with E-state index in [1.807, 2.05) is 18.3 Å². The number of halogens is 1. The first-order chi connectivity index (χ1) is 13.2. The number of methoxy groups -OCH3 is 1. The molecule has 1 heterocycles. The molecule has 0 saturated heterocycles. The third-order valence-electron chi connectivity index (χ3n) is 4.23. The van der Waals surface area contributed by atoms with Crippen molar-refractivity contribution in [2.24, 2.45) is 4.99 Å². The van der Waals surface area contributed by atoms with Crippen molar-refractivity contribution >= 4 is 52.0 Å². The summed E-state index contributed by atoms with van der Waals surface area (Å²) in [4.78, 5) is 10.5. The first-order valence-electron chi connectivity index (χ1n) is 9.24. The predicted octanol–water partition coefficient (Wildman–Crippen LogP) is 4.74. The number of aryl methyl sites for hydroxylation is 1. The first-order valence-corrected chi connectivity index (χ1v) is 10.1. The summed E-state index contributed by atoms with van der Waals surface area (Å²) in [5, 5.41) is 10.1. The summed E-state index contributed by atoms with van der Waals surface area (Å²) in [6.45, 7) is 6.35. The van der Waals surface area contributed by atoms with Gasteiger partial charge in [-0.3, -0.25) is 0 Å². The van der Waals surface area contributed by atoms with E-state index in [0.717, 1.165) is 29.7 Å². The molecule has 0 unspecified atom stereocenters. The van der Waals surface area contributed by atoms with Crippen molar-refractivity contribution < 1.29 is 4.74 Å². The van der Waals surface area contributed by atoms with E-state index in [-0.39, 0.29) is 24.0 Å². The molecule has 3 aromatic rings. The monoisotopic (exact) mass is 510 g/mol. The van der Waals surface area contributed by atoms with Gasteiger partial charge in [0.15, 0.2) is 5.96 Å². The van der Waals surface area contributed by atoms with Gasteiger partial charge in [-0.25, -0.2) is 9.98 Å². The van der Waals surface area contributed by atoms with Gasteiger partial charge >= 0.3 is 0 Å². The molecule has 0 spiro atoms. The Balaban J connectivity index is 0.00000280. The number of guanidine groups is 1. The molecule has 1 aromatic heterocycles. The third-order valence-corrected chi connectivity index (χ3v) is 5.37. The number of fused-ring (bicyclic) bond motifs is 1. The fraction of sp³-hybridized carbons (Fsp3) is 0.333. The zero-order chi connectivity index (χ0) is 19.1.